The smallest absolute Gasteiger partial charge is 0.410 e. The van der Waals surface area contributed by atoms with E-state index in [1.807, 2.05) is 47.1 Å². The van der Waals surface area contributed by atoms with E-state index < -0.39 is 11.2 Å². The molecule has 3 atom stereocenters. The lowest BCUT2D eigenvalue weighted by Gasteiger charge is -2.38. The predicted molar refractivity (Wildman–Crippen MR) is 327 cm³/mol. The highest BCUT2D eigenvalue weighted by Crippen LogP contribution is 2.48. The summed E-state index contributed by atoms with van der Waals surface area (Å²) in [6.45, 7) is 19.5. The Hall–Kier alpha value is -5.34. The first-order chi connectivity index (χ1) is 39.0. The molecule has 81 heavy (non-hydrogen) atoms. The molecule has 5 aliphatic heterocycles. The first kappa shape index (κ1) is 58.8. The number of nitrogens with one attached hydrogen (secondary N) is 3. The second kappa shape index (κ2) is 26.1. The van der Waals surface area contributed by atoms with E-state index in [1.54, 1.807) is 46.7 Å². The minimum Gasteiger partial charge on any atom is -0.480 e. The van der Waals surface area contributed by atoms with Crippen LogP contribution in [0.5, 0.6) is 5.88 Å². The van der Waals surface area contributed by atoms with Gasteiger partial charge in [-0.25, -0.2) is 24.5 Å². The first-order valence-electron chi connectivity index (χ1n) is 28.6. The number of aromatic nitrogens is 4. The lowest BCUT2D eigenvalue weighted by molar-refractivity contribution is 0.0185. The standard InChI is InChI=1S/C29H38N6O4S.C19H32IN5O4.C10H9NS/c1-29(2,3)39-28(36)35-12-6-7-19(17-35)30-24-22(25(37-4)33-27(32-24)34-13-15-38-16-14-34)26-31-21-9-5-8-20(18-10-11-18)23(21)40-26;1-19(2,3)29-18(26)25-7-5-6-13(12-25)21-15-14(20)16(27-4)23-17(22-15)24-8-10-28-11-9-24;1-2-8(7-4-5-7)10-9(3-1)11-6-12-10/h5,8-9,18-19H,6-7,10-17H2,1-4H3,(H,30,32,33);13,16,21H,5-12H2,1-4H3,(H,22,23);1-3,6-7H,4-5H2/t19-;13-,16?;/m11./s1. The zero-order chi connectivity index (χ0) is 56.8. The maximum atomic E-state index is 12.9. The van der Waals surface area contributed by atoms with Gasteiger partial charge in [0.15, 0.2) is 6.23 Å². The molecule has 2 amide bonds. The number of halogens is 1. The van der Waals surface area contributed by atoms with Crippen molar-refractivity contribution in [2.24, 2.45) is 4.99 Å². The van der Waals surface area contributed by atoms with E-state index in [0.29, 0.717) is 82.7 Å². The van der Waals surface area contributed by atoms with Gasteiger partial charge in [-0.05, 0) is 151 Å². The molecule has 8 heterocycles. The number of carbonyl (C=O) groups is 2. The quantitative estimate of drug-likeness (QED) is 0.111. The molecule has 2 saturated carbocycles. The summed E-state index contributed by atoms with van der Waals surface area (Å²) in [5.74, 6) is 4.92. The molecule has 0 spiro atoms. The van der Waals surface area contributed by atoms with Crippen LogP contribution in [0.25, 0.3) is 31.0 Å². The number of amides is 2. The van der Waals surface area contributed by atoms with Gasteiger partial charge in [0, 0.05) is 71.6 Å². The van der Waals surface area contributed by atoms with Gasteiger partial charge in [-0.1, -0.05) is 24.3 Å². The molecule has 12 rings (SSSR count). The molecule has 6 fully saturated rings. The maximum absolute atomic E-state index is 12.9. The Bertz CT molecular complexity index is 3050. The Morgan fingerprint density at radius 1 is 0.704 bits per heavy atom. The number of rotatable bonds is 10. The minimum absolute atomic E-state index is 0.00596. The van der Waals surface area contributed by atoms with Gasteiger partial charge < -0.3 is 64.0 Å². The molecule has 1 unspecified atom stereocenters. The van der Waals surface area contributed by atoms with Crippen molar-refractivity contribution in [3.8, 4) is 16.5 Å². The number of guanidine groups is 1. The Labute approximate surface area is 497 Å². The highest BCUT2D eigenvalue weighted by atomic mass is 127. The number of fused-ring (bicyclic) bond motifs is 2. The zero-order valence-electron chi connectivity index (χ0n) is 48.1. The molecular formula is C58H79IN12O8S2. The van der Waals surface area contributed by atoms with Gasteiger partial charge in [0.1, 0.15) is 33.4 Å². The lowest BCUT2D eigenvalue weighted by atomic mass is 10.1. The van der Waals surface area contributed by atoms with Crippen LogP contribution in [0.3, 0.4) is 0 Å². The van der Waals surface area contributed by atoms with Gasteiger partial charge in [-0.2, -0.15) is 9.97 Å². The summed E-state index contributed by atoms with van der Waals surface area (Å²) in [6.07, 6.45) is 8.01. The third kappa shape index (κ3) is 15.3. The third-order valence-corrected chi connectivity index (χ3v) is 17.8. The second-order valence-electron chi connectivity index (χ2n) is 23.5. The van der Waals surface area contributed by atoms with Crippen molar-refractivity contribution in [3.05, 3.63) is 62.4 Å². The van der Waals surface area contributed by atoms with E-state index >= 15 is 0 Å². The number of nitrogens with zero attached hydrogens (tertiary/aromatic N) is 9. The molecule has 5 aromatic rings. The van der Waals surface area contributed by atoms with Crippen molar-refractivity contribution in [1.29, 1.82) is 0 Å². The molecule has 2 aromatic carbocycles. The van der Waals surface area contributed by atoms with Crippen molar-refractivity contribution in [2.75, 3.05) is 103 Å². The first-order valence-corrected chi connectivity index (χ1v) is 31.4. The fourth-order valence-corrected chi connectivity index (χ4v) is 13.2. The second-order valence-corrected chi connectivity index (χ2v) is 26.5. The van der Waals surface area contributed by atoms with Crippen molar-refractivity contribution in [2.45, 2.75) is 134 Å². The van der Waals surface area contributed by atoms with E-state index in [1.165, 1.54) is 51.7 Å². The summed E-state index contributed by atoms with van der Waals surface area (Å²) in [4.78, 5) is 57.1. The van der Waals surface area contributed by atoms with Crippen LogP contribution in [-0.2, 0) is 23.7 Å². The van der Waals surface area contributed by atoms with Gasteiger partial charge in [0.2, 0.25) is 17.8 Å². The van der Waals surface area contributed by atoms with Crippen LogP contribution in [0.15, 0.2) is 56.3 Å². The van der Waals surface area contributed by atoms with Crippen LogP contribution < -0.4 is 25.6 Å². The van der Waals surface area contributed by atoms with E-state index in [4.69, 9.17) is 48.4 Å². The summed E-state index contributed by atoms with van der Waals surface area (Å²) < 4.78 is 37.3. The van der Waals surface area contributed by atoms with Crippen molar-refractivity contribution >= 4 is 95.6 Å². The Kier molecular flexibility index (Phi) is 18.9. The maximum Gasteiger partial charge on any atom is 0.410 e. The molecule has 7 aliphatic rings. The van der Waals surface area contributed by atoms with Crippen molar-refractivity contribution in [1.82, 2.24) is 45.3 Å². The van der Waals surface area contributed by atoms with E-state index in [0.717, 1.165) is 82.7 Å². The Morgan fingerprint density at radius 3 is 1.84 bits per heavy atom. The van der Waals surface area contributed by atoms with Crippen LogP contribution >= 0.6 is 45.3 Å². The number of methoxy groups -OCH3 is 2. The molecule has 0 radical (unpaired) electrons. The SMILES string of the molecule is COC1N=C(N2CCOCC2)NC(N[C@@H]2CCCN(C(=O)OC(C)(C)C)C2)=C1I.COc1nc(N2CCOCC2)nc(N[C@@H]2CCCN(C(=O)OC(C)(C)C)C2)c1-c1nc2cccc(C3CC3)c2s1.c1cc(C2CC2)c2scnc2c1. The summed E-state index contributed by atoms with van der Waals surface area (Å²) >= 11 is 5.71. The molecular weight excluding hydrogens is 1180 g/mol. The van der Waals surface area contributed by atoms with Gasteiger partial charge in [-0.15, -0.1) is 22.7 Å². The largest absolute Gasteiger partial charge is 0.480 e. The molecule has 2 aliphatic carbocycles. The number of aliphatic imine (C=N–C) groups is 1. The van der Waals surface area contributed by atoms with Crippen LogP contribution in [-0.4, -0.2) is 175 Å². The van der Waals surface area contributed by atoms with Crippen molar-refractivity contribution in [3.63, 3.8) is 0 Å². The predicted octanol–water partition coefficient (Wildman–Crippen LogP) is 10.3. The van der Waals surface area contributed by atoms with Gasteiger partial charge in [0.25, 0.3) is 0 Å². The molecule has 3 N–H and O–H groups in total. The average molecular weight is 1260 g/mol. The fourth-order valence-electron chi connectivity index (χ4n) is 10.5. The molecule has 438 valence electrons. The molecule has 23 heteroatoms. The number of anilines is 2. The van der Waals surface area contributed by atoms with Gasteiger partial charge >= 0.3 is 12.2 Å². The summed E-state index contributed by atoms with van der Waals surface area (Å²) in [5, 5.41) is 11.5. The van der Waals surface area contributed by atoms with Crippen molar-refractivity contribution < 1.29 is 38.0 Å². The lowest BCUT2D eigenvalue weighted by Crippen LogP contribution is -2.54. The van der Waals surface area contributed by atoms with Gasteiger partial charge in [-0.3, -0.25) is 0 Å². The topological polar surface area (TPSA) is 202 Å². The number of hydrogen-bond acceptors (Lipinski definition) is 20. The van der Waals surface area contributed by atoms with Crippen LogP contribution in [0.2, 0.25) is 0 Å². The zero-order valence-corrected chi connectivity index (χ0v) is 51.8. The number of piperidine rings is 2. The van der Waals surface area contributed by atoms with Gasteiger partial charge in [0.05, 0.1) is 63.1 Å². The highest BCUT2D eigenvalue weighted by molar-refractivity contribution is 14.1. The number of benzene rings is 2. The number of carbonyl (C=O) groups excluding carboxylic acids is 2. The normalized spacial score (nSPS) is 21.7. The number of morpholine rings is 2. The van der Waals surface area contributed by atoms with E-state index in [2.05, 4.69) is 89.7 Å². The summed E-state index contributed by atoms with van der Waals surface area (Å²) in [6, 6.07) is 13.0. The Balaban J connectivity index is 0.000000155. The molecule has 0 bridgehead atoms. The highest BCUT2D eigenvalue weighted by Gasteiger charge is 2.35. The van der Waals surface area contributed by atoms with E-state index in [9.17, 15) is 9.59 Å². The monoisotopic (exact) mass is 1260 g/mol. The van der Waals surface area contributed by atoms with E-state index in [-0.39, 0.29) is 30.5 Å². The third-order valence-electron chi connectivity index (χ3n) is 14.7. The minimum atomic E-state index is -0.538. The average Bonchev–Trinajstić information content (AvgIpc) is 4.55. The number of ether oxygens (including phenoxy) is 6. The van der Waals surface area contributed by atoms with Crippen LogP contribution in [0.4, 0.5) is 21.4 Å². The molecule has 4 saturated heterocycles. The summed E-state index contributed by atoms with van der Waals surface area (Å²) in [7, 11) is 3.31. The Morgan fingerprint density at radius 2 is 1.27 bits per heavy atom. The molecule has 3 aromatic heterocycles. The van der Waals surface area contributed by atoms with Crippen LogP contribution in [0, 0.1) is 0 Å². The summed E-state index contributed by atoms with van der Waals surface area (Å²) in [5.41, 5.74) is 6.73. The number of thiazole rings is 2. The van der Waals surface area contributed by atoms with Crippen LogP contribution in [0.1, 0.15) is 116 Å². The number of likely N-dealkylation sites (tertiary alicyclic amines) is 2. The number of hydrogen-bond donors (Lipinski definition) is 3. The molecule has 20 nitrogen and oxygen atoms in total. The fraction of sp³-hybridized carbons (Fsp3) is 0.603.